The van der Waals surface area contributed by atoms with Crippen molar-refractivity contribution in [3.8, 4) is 0 Å². The Morgan fingerprint density at radius 3 is 2.65 bits per heavy atom. The molecule has 0 radical (unpaired) electrons. The van der Waals surface area contributed by atoms with Gasteiger partial charge in [0.15, 0.2) is 0 Å². The Labute approximate surface area is 133 Å². The van der Waals surface area contributed by atoms with Gasteiger partial charge in [0.2, 0.25) is 5.91 Å². The van der Waals surface area contributed by atoms with Gasteiger partial charge < -0.3 is 10.6 Å². The van der Waals surface area contributed by atoms with Gasteiger partial charge in [0.05, 0.1) is 19.3 Å². The van der Waals surface area contributed by atoms with E-state index in [1.807, 2.05) is 13.1 Å². The molecule has 23 heavy (non-hydrogen) atoms. The number of carbonyl (C=O) groups is 1. The van der Waals surface area contributed by atoms with E-state index in [4.69, 9.17) is 0 Å². The largest absolute Gasteiger partial charge is 0.355 e. The third-order valence-corrected chi connectivity index (χ3v) is 3.32. The highest BCUT2D eigenvalue weighted by molar-refractivity contribution is 5.77. The lowest BCUT2D eigenvalue weighted by Crippen LogP contribution is -2.36. The van der Waals surface area contributed by atoms with E-state index in [2.05, 4.69) is 15.7 Å². The molecular formula is C16H20F2N4O. The van der Waals surface area contributed by atoms with Gasteiger partial charge in [-0.25, -0.2) is 8.78 Å². The molecule has 7 heteroatoms. The third-order valence-electron chi connectivity index (χ3n) is 3.32. The molecule has 0 bridgehead atoms. The number of halogens is 2. The summed E-state index contributed by atoms with van der Waals surface area (Å²) in [7, 11) is 0. The van der Waals surface area contributed by atoms with Gasteiger partial charge in [-0.1, -0.05) is 6.07 Å². The van der Waals surface area contributed by atoms with E-state index in [0.29, 0.717) is 13.1 Å². The highest BCUT2D eigenvalue weighted by Gasteiger charge is 2.08. The van der Waals surface area contributed by atoms with Crippen LogP contribution >= 0.6 is 0 Å². The monoisotopic (exact) mass is 322 g/mol. The first-order valence-corrected chi connectivity index (χ1v) is 7.45. The molecule has 1 aromatic carbocycles. The summed E-state index contributed by atoms with van der Waals surface area (Å²) >= 11 is 0. The average molecular weight is 322 g/mol. The Bertz CT molecular complexity index is 637. The van der Waals surface area contributed by atoms with E-state index in [1.54, 1.807) is 10.9 Å². The fourth-order valence-corrected chi connectivity index (χ4v) is 2.15. The van der Waals surface area contributed by atoms with Gasteiger partial charge in [0, 0.05) is 24.8 Å². The standard InChI is InChI=1S/C16H20F2N4O/c1-12-9-21-22(11-12)8-7-19-10-16(23)20-6-5-13-14(17)3-2-4-15(13)18/h2-4,9,11,19H,5-8,10H2,1H3,(H,20,23). The Hall–Kier alpha value is -2.28. The van der Waals surface area contributed by atoms with Gasteiger partial charge in [0.25, 0.3) is 0 Å². The van der Waals surface area contributed by atoms with Crippen LogP contribution in [0.25, 0.3) is 0 Å². The van der Waals surface area contributed by atoms with Gasteiger partial charge in [-0.15, -0.1) is 0 Å². The van der Waals surface area contributed by atoms with E-state index in [9.17, 15) is 13.6 Å². The van der Waals surface area contributed by atoms with Crippen LogP contribution < -0.4 is 10.6 Å². The maximum Gasteiger partial charge on any atom is 0.233 e. The smallest absolute Gasteiger partial charge is 0.233 e. The van der Waals surface area contributed by atoms with Crippen LogP contribution in [0.4, 0.5) is 8.78 Å². The molecule has 1 aromatic heterocycles. The minimum absolute atomic E-state index is 0.00480. The molecule has 1 amide bonds. The molecule has 5 nitrogen and oxygen atoms in total. The van der Waals surface area contributed by atoms with Gasteiger partial charge in [0.1, 0.15) is 11.6 Å². The number of aryl methyl sites for hydroxylation is 1. The van der Waals surface area contributed by atoms with E-state index in [1.165, 1.54) is 18.2 Å². The minimum atomic E-state index is -0.591. The second kappa shape index (κ2) is 8.38. The van der Waals surface area contributed by atoms with Crippen LogP contribution in [-0.4, -0.2) is 35.3 Å². The number of nitrogens with zero attached hydrogens (tertiary/aromatic N) is 2. The zero-order chi connectivity index (χ0) is 16.7. The fraction of sp³-hybridized carbons (Fsp3) is 0.375. The number of hydrogen-bond donors (Lipinski definition) is 2. The first-order valence-electron chi connectivity index (χ1n) is 7.45. The van der Waals surface area contributed by atoms with Crippen LogP contribution in [-0.2, 0) is 17.8 Å². The van der Waals surface area contributed by atoms with Crippen molar-refractivity contribution >= 4 is 5.91 Å². The Morgan fingerprint density at radius 1 is 1.26 bits per heavy atom. The zero-order valence-electron chi connectivity index (χ0n) is 13.0. The molecule has 0 fully saturated rings. The molecule has 0 aliphatic carbocycles. The SMILES string of the molecule is Cc1cnn(CCNCC(=O)NCCc2c(F)cccc2F)c1. The second-order valence-corrected chi connectivity index (χ2v) is 5.26. The summed E-state index contributed by atoms with van der Waals surface area (Å²) in [5.41, 5.74) is 1.08. The summed E-state index contributed by atoms with van der Waals surface area (Å²) < 4.78 is 28.6. The van der Waals surface area contributed by atoms with Crippen molar-refractivity contribution in [1.29, 1.82) is 0 Å². The lowest BCUT2D eigenvalue weighted by atomic mass is 10.1. The molecule has 0 spiro atoms. The molecule has 0 saturated carbocycles. The number of nitrogens with one attached hydrogen (secondary N) is 2. The molecule has 124 valence electrons. The highest BCUT2D eigenvalue weighted by atomic mass is 19.1. The predicted molar refractivity (Wildman–Crippen MR) is 82.9 cm³/mol. The Morgan fingerprint density at radius 2 is 2.00 bits per heavy atom. The van der Waals surface area contributed by atoms with Crippen molar-refractivity contribution in [2.75, 3.05) is 19.6 Å². The summed E-state index contributed by atoms with van der Waals surface area (Å²) in [6.45, 7) is 3.58. The van der Waals surface area contributed by atoms with Crippen molar-refractivity contribution < 1.29 is 13.6 Å². The molecule has 0 unspecified atom stereocenters. The topological polar surface area (TPSA) is 59.0 Å². The summed E-state index contributed by atoms with van der Waals surface area (Å²) in [6, 6.07) is 3.73. The van der Waals surface area contributed by atoms with Crippen molar-refractivity contribution in [1.82, 2.24) is 20.4 Å². The van der Waals surface area contributed by atoms with Crippen LogP contribution in [0.5, 0.6) is 0 Å². The second-order valence-electron chi connectivity index (χ2n) is 5.26. The van der Waals surface area contributed by atoms with Gasteiger partial charge in [-0.3, -0.25) is 9.48 Å². The number of benzene rings is 1. The number of hydrogen-bond acceptors (Lipinski definition) is 3. The van der Waals surface area contributed by atoms with Crippen LogP contribution in [0.3, 0.4) is 0 Å². The van der Waals surface area contributed by atoms with E-state index in [-0.39, 0.29) is 31.0 Å². The molecule has 2 aromatic rings. The molecule has 0 saturated heterocycles. The molecule has 2 N–H and O–H groups in total. The summed E-state index contributed by atoms with van der Waals surface area (Å²) in [5, 5.41) is 9.76. The molecule has 0 atom stereocenters. The third kappa shape index (κ3) is 5.45. The predicted octanol–water partition coefficient (Wildman–Crippen LogP) is 1.42. The van der Waals surface area contributed by atoms with Gasteiger partial charge >= 0.3 is 0 Å². The van der Waals surface area contributed by atoms with Crippen molar-refractivity contribution in [3.05, 3.63) is 53.4 Å². The van der Waals surface area contributed by atoms with Crippen molar-refractivity contribution in [2.45, 2.75) is 19.9 Å². The first-order chi connectivity index (χ1) is 11.1. The maximum atomic E-state index is 13.4. The van der Waals surface area contributed by atoms with Crippen molar-refractivity contribution in [2.24, 2.45) is 0 Å². The highest BCUT2D eigenvalue weighted by Crippen LogP contribution is 2.11. The van der Waals surface area contributed by atoms with Crippen LogP contribution in [0.2, 0.25) is 0 Å². The lowest BCUT2D eigenvalue weighted by Gasteiger charge is -2.08. The first kappa shape index (κ1) is 17.1. The molecule has 0 aliphatic heterocycles. The Kier molecular flexibility index (Phi) is 6.22. The lowest BCUT2D eigenvalue weighted by molar-refractivity contribution is -0.120. The maximum absolute atomic E-state index is 13.4. The quantitative estimate of drug-likeness (QED) is 0.723. The van der Waals surface area contributed by atoms with Crippen LogP contribution in [0.15, 0.2) is 30.6 Å². The molecular weight excluding hydrogens is 302 g/mol. The zero-order valence-corrected chi connectivity index (χ0v) is 13.0. The summed E-state index contributed by atoms with van der Waals surface area (Å²) in [5.74, 6) is -1.39. The number of amides is 1. The van der Waals surface area contributed by atoms with E-state index >= 15 is 0 Å². The van der Waals surface area contributed by atoms with Gasteiger partial charge in [-0.2, -0.15) is 5.10 Å². The number of rotatable bonds is 8. The van der Waals surface area contributed by atoms with Gasteiger partial charge in [-0.05, 0) is 31.0 Å². The van der Waals surface area contributed by atoms with Crippen LogP contribution in [0, 0.1) is 18.6 Å². The summed E-state index contributed by atoms with van der Waals surface area (Å²) in [6.07, 6.45) is 3.82. The number of carbonyl (C=O) groups excluding carboxylic acids is 1. The van der Waals surface area contributed by atoms with E-state index < -0.39 is 11.6 Å². The normalized spacial score (nSPS) is 10.7. The molecule has 0 aliphatic rings. The number of aromatic nitrogens is 2. The average Bonchev–Trinajstić information content (AvgIpc) is 2.92. The minimum Gasteiger partial charge on any atom is -0.355 e. The summed E-state index contributed by atoms with van der Waals surface area (Å²) in [4.78, 5) is 11.6. The van der Waals surface area contributed by atoms with Crippen molar-refractivity contribution in [3.63, 3.8) is 0 Å². The van der Waals surface area contributed by atoms with Crippen LogP contribution in [0.1, 0.15) is 11.1 Å². The molecule has 1 heterocycles. The Balaban J connectivity index is 1.62. The van der Waals surface area contributed by atoms with E-state index in [0.717, 1.165) is 5.56 Å². The molecule has 2 rings (SSSR count). The fourth-order valence-electron chi connectivity index (χ4n) is 2.15.